The highest BCUT2D eigenvalue weighted by molar-refractivity contribution is 5.90. The van der Waals surface area contributed by atoms with E-state index in [9.17, 15) is 4.79 Å². The first-order valence-electron chi connectivity index (χ1n) is 4.86. The van der Waals surface area contributed by atoms with Crippen LogP contribution in [0, 0.1) is 0 Å². The van der Waals surface area contributed by atoms with Gasteiger partial charge < -0.3 is 5.32 Å². The van der Waals surface area contributed by atoms with Gasteiger partial charge in [-0.25, -0.2) is 0 Å². The van der Waals surface area contributed by atoms with Crippen molar-refractivity contribution in [3.63, 3.8) is 0 Å². The molecule has 0 unspecified atom stereocenters. The zero-order chi connectivity index (χ0) is 11.4. The molecule has 0 fully saturated rings. The van der Waals surface area contributed by atoms with Crippen LogP contribution in [0.25, 0.3) is 0 Å². The van der Waals surface area contributed by atoms with Gasteiger partial charge in [0.15, 0.2) is 0 Å². The van der Waals surface area contributed by atoms with E-state index in [4.69, 9.17) is 0 Å². The second-order valence-electron chi connectivity index (χ2n) is 3.34. The number of carbonyl (C=O) groups excluding carboxylic acids is 1. The highest BCUT2D eigenvalue weighted by Crippen LogP contribution is 2.11. The molecule has 2 rings (SSSR count). The molecule has 0 bridgehead atoms. The van der Waals surface area contributed by atoms with Crippen molar-refractivity contribution >= 4 is 5.91 Å². The molecule has 0 aliphatic rings. The fraction of sp³-hybridized carbons (Fsp3) is 0.200. The molecule has 0 saturated heterocycles. The second-order valence-corrected chi connectivity index (χ2v) is 3.34. The molecular weight excluding hydrogens is 206 g/mol. The van der Waals surface area contributed by atoms with Crippen LogP contribution >= 0.6 is 0 Å². The minimum Gasteiger partial charge on any atom is -0.343 e. The molecule has 0 aliphatic heterocycles. The summed E-state index contributed by atoms with van der Waals surface area (Å²) < 4.78 is 0. The molecular formula is C10H11N5O. The lowest BCUT2D eigenvalue weighted by molar-refractivity contribution is 0.0929. The van der Waals surface area contributed by atoms with Crippen LogP contribution < -0.4 is 5.32 Å². The van der Waals surface area contributed by atoms with Crippen molar-refractivity contribution in [2.24, 2.45) is 0 Å². The molecule has 0 aliphatic carbocycles. The van der Waals surface area contributed by atoms with Gasteiger partial charge in [-0.2, -0.15) is 5.21 Å². The number of tetrazole rings is 1. The number of amides is 1. The van der Waals surface area contributed by atoms with E-state index in [2.05, 4.69) is 25.9 Å². The summed E-state index contributed by atoms with van der Waals surface area (Å²) in [5, 5.41) is 15.5. The Labute approximate surface area is 92.1 Å². The Morgan fingerprint density at radius 1 is 1.38 bits per heavy atom. The van der Waals surface area contributed by atoms with Crippen LogP contribution in [-0.2, 0) is 0 Å². The van der Waals surface area contributed by atoms with E-state index < -0.39 is 0 Å². The molecule has 0 radical (unpaired) electrons. The summed E-state index contributed by atoms with van der Waals surface area (Å²) >= 11 is 0. The van der Waals surface area contributed by atoms with Gasteiger partial charge in [-0.15, -0.1) is 10.2 Å². The number of nitrogens with one attached hydrogen (secondary N) is 2. The Morgan fingerprint density at radius 2 is 2.12 bits per heavy atom. The van der Waals surface area contributed by atoms with Gasteiger partial charge in [-0.05, 0) is 17.7 Å². The van der Waals surface area contributed by atoms with Crippen LogP contribution in [0.1, 0.15) is 29.1 Å². The summed E-state index contributed by atoms with van der Waals surface area (Å²) in [6.45, 7) is 1.90. The molecule has 0 spiro atoms. The summed E-state index contributed by atoms with van der Waals surface area (Å²) in [5.41, 5.74) is 1.03. The third kappa shape index (κ3) is 2.22. The highest BCUT2D eigenvalue weighted by Gasteiger charge is 2.14. The molecule has 1 aromatic carbocycles. The summed E-state index contributed by atoms with van der Waals surface area (Å²) in [6, 6.07) is 9.57. The number of carbonyl (C=O) groups is 1. The predicted molar refractivity (Wildman–Crippen MR) is 56.5 cm³/mol. The minimum absolute atomic E-state index is 0.0442. The SMILES string of the molecule is C[C@@H](NC(=O)c1nn[nH]n1)c1ccccc1. The summed E-state index contributed by atoms with van der Waals surface area (Å²) in [5.74, 6) is -0.298. The van der Waals surface area contributed by atoms with E-state index in [1.165, 1.54) is 0 Å². The Kier molecular flexibility index (Phi) is 2.90. The number of hydrogen-bond donors (Lipinski definition) is 2. The molecule has 16 heavy (non-hydrogen) atoms. The van der Waals surface area contributed by atoms with Crippen LogP contribution in [0.15, 0.2) is 30.3 Å². The lowest BCUT2D eigenvalue weighted by atomic mass is 10.1. The minimum atomic E-state index is -0.342. The van der Waals surface area contributed by atoms with E-state index >= 15 is 0 Å². The Morgan fingerprint density at radius 3 is 2.75 bits per heavy atom. The Bertz CT molecular complexity index is 453. The standard InChI is InChI=1S/C10H11N5O/c1-7(8-5-3-2-4-6-8)11-10(16)9-12-14-15-13-9/h2-7H,1H3,(H,11,16)(H,12,13,14,15)/t7-/m1/s1. The number of benzene rings is 1. The van der Waals surface area contributed by atoms with Crippen molar-refractivity contribution in [2.75, 3.05) is 0 Å². The number of aromatic nitrogens is 4. The molecule has 2 N–H and O–H groups in total. The van der Waals surface area contributed by atoms with Crippen molar-refractivity contribution in [1.82, 2.24) is 25.9 Å². The maximum atomic E-state index is 11.6. The van der Waals surface area contributed by atoms with E-state index in [-0.39, 0.29) is 17.8 Å². The Hall–Kier alpha value is -2.24. The van der Waals surface area contributed by atoms with Gasteiger partial charge in [0, 0.05) is 0 Å². The average Bonchev–Trinajstić information content (AvgIpc) is 2.83. The van der Waals surface area contributed by atoms with Gasteiger partial charge in [-0.1, -0.05) is 30.3 Å². The summed E-state index contributed by atoms with van der Waals surface area (Å²) in [6.07, 6.45) is 0. The monoisotopic (exact) mass is 217 g/mol. The molecule has 1 aromatic heterocycles. The third-order valence-electron chi connectivity index (χ3n) is 2.20. The maximum Gasteiger partial charge on any atom is 0.293 e. The van der Waals surface area contributed by atoms with Crippen molar-refractivity contribution in [2.45, 2.75) is 13.0 Å². The largest absolute Gasteiger partial charge is 0.343 e. The molecule has 1 atom stereocenters. The number of nitrogens with zero attached hydrogens (tertiary/aromatic N) is 3. The van der Waals surface area contributed by atoms with E-state index in [1.54, 1.807) is 0 Å². The smallest absolute Gasteiger partial charge is 0.293 e. The third-order valence-corrected chi connectivity index (χ3v) is 2.20. The van der Waals surface area contributed by atoms with Gasteiger partial charge in [0.25, 0.3) is 11.7 Å². The van der Waals surface area contributed by atoms with E-state index in [1.807, 2.05) is 37.3 Å². The second kappa shape index (κ2) is 4.52. The van der Waals surface area contributed by atoms with Crippen LogP contribution in [0.3, 0.4) is 0 Å². The first-order valence-corrected chi connectivity index (χ1v) is 4.86. The van der Waals surface area contributed by atoms with E-state index in [0.717, 1.165) is 5.56 Å². The number of rotatable bonds is 3. The molecule has 0 saturated carbocycles. The van der Waals surface area contributed by atoms with Crippen molar-refractivity contribution < 1.29 is 4.79 Å². The first kappa shape index (κ1) is 10.3. The molecule has 6 heteroatoms. The molecule has 1 amide bonds. The molecule has 82 valence electrons. The first-order chi connectivity index (χ1) is 7.77. The van der Waals surface area contributed by atoms with Gasteiger partial charge in [-0.3, -0.25) is 4.79 Å². The molecule has 2 aromatic rings. The summed E-state index contributed by atoms with van der Waals surface area (Å²) in [4.78, 5) is 11.6. The zero-order valence-electron chi connectivity index (χ0n) is 8.71. The van der Waals surface area contributed by atoms with Crippen molar-refractivity contribution in [3.05, 3.63) is 41.7 Å². The van der Waals surface area contributed by atoms with Crippen molar-refractivity contribution in [3.8, 4) is 0 Å². The predicted octanol–water partition coefficient (Wildman–Crippen LogP) is 0.691. The molecule has 6 nitrogen and oxygen atoms in total. The summed E-state index contributed by atoms with van der Waals surface area (Å²) in [7, 11) is 0. The van der Waals surface area contributed by atoms with Gasteiger partial charge in [0.1, 0.15) is 0 Å². The lowest BCUT2D eigenvalue weighted by Crippen LogP contribution is -2.27. The number of aromatic amines is 1. The van der Waals surface area contributed by atoms with Crippen LogP contribution in [0.5, 0.6) is 0 Å². The number of hydrogen-bond acceptors (Lipinski definition) is 4. The lowest BCUT2D eigenvalue weighted by Gasteiger charge is -2.12. The van der Waals surface area contributed by atoms with Gasteiger partial charge >= 0.3 is 0 Å². The Balaban J connectivity index is 2.03. The van der Waals surface area contributed by atoms with E-state index in [0.29, 0.717) is 0 Å². The molecule has 1 heterocycles. The maximum absolute atomic E-state index is 11.6. The normalized spacial score (nSPS) is 12.1. The quantitative estimate of drug-likeness (QED) is 0.792. The van der Waals surface area contributed by atoms with Crippen molar-refractivity contribution in [1.29, 1.82) is 0 Å². The zero-order valence-corrected chi connectivity index (χ0v) is 8.71. The highest BCUT2D eigenvalue weighted by atomic mass is 16.2. The number of H-pyrrole nitrogens is 1. The average molecular weight is 217 g/mol. The van der Waals surface area contributed by atoms with Gasteiger partial charge in [0.05, 0.1) is 6.04 Å². The van der Waals surface area contributed by atoms with Crippen LogP contribution in [-0.4, -0.2) is 26.5 Å². The van der Waals surface area contributed by atoms with Gasteiger partial charge in [0.2, 0.25) is 0 Å². The fourth-order valence-corrected chi connectivity index (χ4v) is 1.34. The van der Waals surface area contributed by atoms with Crippen LogP contribution in [0.2, 0.25) is 0 Å². The topological polar surface area (TPSA) is 83.6 Å². The fourth-order valence-electron chi connectivity index (χ4n) is 1.34. The van der Waals surface area contributed by atoms with Crippen LogP contribution in [0.4, 0.5) is 0 Å².